The van der Waals surface area contributed by atoms with E-state index in [9.17, 15) is 9.18 Å². The molecule has 0 fully saturated rings. The van der Waals surface area contributed by atoms with E-state index in [0.29, 0.717) is 16.5 Å². The zero-order chi connectivity index (χ0) is 18.2. The van der Waals surface area contributed by atoms with Crippen molar-refractivity contribution in [2.75, 3.05) is 0 Å². The third-order valence-corrected chi connectivity index (χ3v) is 3.60. The van der Waals surface area contributed by atoms with Gasteiger partial charge in [-0.15, -0.1) is 6.42 Å². The normalized spacial score (nSPS) is 12.2. The fraction of sp³-hybridized carbons (Fsp3) is 0.350. The number of hydrogen-bond acceptors (Lipinski definition) is 2. The van der Waals surface area contributed by atoms with Crippen molar-refractivity contribution < 1.29 is 15.3 Å². The van der Waals surface area contributed by atoms with Gasteiger partial charge in [0.25, 0.3) is 0 Å². The first kappa shape index (κ1) is 15.6. The lowest BCUT2D eigenvalue weighted by atomic mass is 9.82. The Morgan fingerprint density at radius 3 is 2.57 bits per heavy atom. The summed E-state index contributed by atoms with van der Waals surface area (Å²) < 4.78 is 27.7. The van der Waals surface area contributed by atoms with E-state index in [2.05, 4.69) is 5.92 Å². The highest BCUT2D eigenvalue weighted by Crippen LogP contribution is 2.36. The molecule has 0 aliphatic carbocycles. The Kier molecular flexibility index (Phi) is 4.09. The summed E-state index contributed by atoms with van der Waals surface area (Å²) in [5.74, 6) is 1.51. The van der Waals surface area contributed by atoms with Gasteiger partial charge in [-0.3, -0.25) is 4.79 Å². The number of halogens is 1. The highest BCUT2D eigenvalue weighted by molar-refractivity contribution is 5.93. The van der Waals surface area contributed by atoms with Crippen LogP contribution >= 0.6 is 0 Å². The third kappa shape index (κ3) is 3.37. The van der Waals surface area contributed by atoms with Crippen molar-refractivity contribution in [3.63, 3.8) is 0 Å². The first-order valence-electron chi connectivity index (χ1n) is 8.02. The quantitative estimate of drug-likeness (QED) is 0.451. The van der Waals surface area contributed by atoms with Crippen molar-refractivity contribution in [1.82, 2.24) is 0 Å². The van der Waals surface area contributed by atoms with Gasteiger partial charge in [-0.05, 0) is 34.6 Å². The van der Waals surface area contributed by atoms with Crippen LogP contribution in [0, 0.1) is 24.1 Å². The largest absolute Gasteiger partial charge is 0.426 e. The van der Waals surface area contributed by atoms with E-state index in [0.717, 1.165) is 11.6 Å². The van der Waals surface area contributed by atoms with E-state index in [4.69, 9.17) is 12.5 Å². The van der Waals surface area contributed by atoms with Gasteiger partial charge in [0.15, 0.2) is 0 Å². The Morgan fingerprint density at radius 1 is 1.39 bits per heavy atom. The lowest BCUT2D eigenvalue weighted by Crippen LogP contribution is -2.17. The van der Waals surface area contributed by atoms with E-state index in [1.807, 2.05) is 20.8 Å². The van der Waals surface area contributed by atoms with Gasteiger partial charge < -0.3 is 4.74 Å². The maximum atomic E-state index is 14.2. The Morgan fingerprint density at radius 2 is 2.04 bits per heavy atom. The summed E-state index contributed by atoms with van der Waals surface area (Å²) in [6.45, 7) is 9.38. The van der Waals surface area contributed by atoms with Crippen LogP contribution in [0.1, 0.15) is 47.1 Å². The van der Waals surface area contributed by atoms with Crippen molar-refractivity contribution in [2.45, 2.75) is 40.0 Å². The van der Waals surface area contributed by atoms with Gasteiger partial charge in [0.2, 0.25) is 0 Å². The first-order valence-corrected chi connectivity index (χ1v) is 7.52. The molecule has 2 aromatic carbocycles. The fourth-order valence-corrected chi connectivity index (χ4v) is 2.36. The number of hydrogen-bond donors (Lipinski definition) is 0. The van der Waals surface area contributed by atoms with Crippen LogP contribution in [-0.4, -0.2) is 5.97 Å². The van der Waals surface area contributed by atoms with Gasteiger partial charge in [-0.1, -0.05) is 46.6 Å². The molecule has 0 N–H and O–H groups in total. The van der Waals surface area contributed by atoms with Crippen LogP contribution in [0.3, 0.4) is 0 Å². The van der Waals surface area contributed by atoms with E-state index < -0.39 is 5.82 Å². The number of terminal acetylenes is 1. The lowest BCUT2D eigenvalue weighted by molar-refractivity contribution is -0.137. The molecule has 0 spiro atoms. The number of rotatable bonds is 2. The van der Waals surface area contributed by atoms with Crippen LogP contribution in [0.4, 0.5) is 4.39 Å². The van der Waals surface area contributed by atoms with Crippen LogP contribution in [-0.2, 0) is 10.2 Å². The SMILES string of the molecule is [2H]c1cc(F)c(C#C)c2c(C(C)(C)C)cc(OC(=O)C(C)C)cc12. The molecule has 0 aliphatic rings. The summed E-state index contributed by atoms with van der Waals surface area (Å²) in [6, 6.07) is 4.39. The molecule has 0 radical (unpaired) electrons. The molecule has 120 valence electrons. The van der Waals surface area contributed by atoms with Gasteiger partial charge in [0, 0.05) is 5.39 Å². The number of benzene rings is 2. The van der Waals surface area contributed by atoms with Crippen molar-refractivity contribution >= 4 is 16.7 Å². The third-order valence-electron chi connectivity index (χ3n) is 3.60. The molecule has 0 aromatic heterocycles. The average Bonchev–Trinajstić information content (AvgIpc) is 2.46. The molecule has 0 atom stereocenters. The van der Waals surface area contributed by atoms with E-state index in [1.165, 1.54) is 0 Å². The fourth-order valence-electron chi connectivity index (χ4n) is 2.36. The minimum atomic E-state index is -0.590. The smallest absolute Gasteiger partial charge is 0.313 e. The highest BCUT2D eigenvalue weighted by Gasteiger charge is 2.22. The Balaban J connectivity index is 2.86. The second-order valence-electron chi connectivity index (χ2n) is 6.88. The maximum Gasteiger partial charge on any atom is 0.313 e. The Bertz CT molecular complexity index is 855. The molecule has 2 nitrogen and oxygen atoms in total. The van der Waals surface area contributed by atoms with Gasteiger partial charge in [-0.25, -0.2) is 4.39 Å². The predicted octanol–water partition coefficient (Wildman–Crippen LogP) is 4.82. The van der Waals surface area contributed by atoms with Crippen molar-refractivity contribution in [2.24, 2.45) is 5.92 Å². The molecule has 0 saturated heterocycles. The molecule has 0 bridgehead atoms. The van der Waals surface area contributed by atoms with Crippen LogP contribution in [0.15, 0.2) is 24.2 Å². The molecule has 0 amide bonds. The average molecular weight is 313 g/mol. The molecule has 23 heavy (non-hydrogen) atoms. The van der Waals surface area contributed by atoms with Gasteiger partial charge in [0.05, 0.1) is 12.9 Å². The minimum absolute atomic E-state index is 0.00875. The van der Waals surface area contributed by atoms with Gasteiger partial charge >= 0.3 is 5.97 Å². The lowest BCUT2D eigenvalue weighted by Gasteiger charge is -2.23. The van der Waals surface area contributed by atoms with Crippen molar-refractivity contribution in [3.05, 3.63) is 41.2 Å². The molecule has 0 heterocycles. The summed E-state index contributed by atoms with van der Waals surface area (Å²) in [4.78, 5) is 11.9. The second-order valence-corrected chi connectivity index (χ2v) is 6.88. The standard InChI is InChI=1S/C20H21FO2/c1-7-15-17(21)9-8-13-10-14(23-19(22)12(2)3)11-16(18(13)15)20(4,5)6/h1,8-12H,2-6H3/i8D. The van der Waals surface area contributed by atoms with Crippen molar-refractivity contribution in [3.8, 4) is 18.1 Å². The second kappa shape index (κ2) is 6.04. The minimum Gasteiger partial charge on any atom is -0.426 e. The summed E-state index contributed by atoms with van der Waals surface area (Å²) >= 11 is 0. The molecule has 2 aromatic rings. The van der Waals surface area contributed by atoms with Crippen LogP contribution in [0.5, 0.6) is 5.75 Å². The monoisotopic (exact) mass is 313 g/mol. The molecular weight excluding hydrogens is 291 g/mol. The first-order chi connectivity index (χ1) is 11.1. The Labute approximate surface area is 138 Å². The molecule has 0 unspecified atom stereocenters. The predicted molar refractivity (Wildman–Crippen MR) is 91.0 cm³/mol. The van der Waals surface area contributed by atoms with Gasteiger partial charge in [-0.2, -0.15) is 0 Å². The number of ether oxygens (including phenoxy) is 1. The van der Waals surface area contributed by atoms with E-state index in [1.54, 1.807) is 26.0 Å². The van der Waals surface area contributed by atoms with E-state index >= 15 is 0 Å². The summed E-state index contributed by atoms with van der Waals surface area (Å²) in [6.07, 6.45) is 5.50. The Hall–Kier alpha value is -2.34. The van der Waals surface area contributed by atoms with Crippen LogP contribution in [0.25, 0.3) is 10.8 Å². The number of fused-ring (bicyclic) bond motifs is 1. The molecule has 3 heteroatoms. The highest BCUT2D eigenvalue weighted by atomic mass is 19.1. The summed E-state index contributed by atoms with van der Waals surface area (Å²) in [5, 5.41) is 1.00. The topological polar surface area (TPSA) is 26.3 Å². The van der Waals surface area contributed by atoms with Crippen LogP contribution < -0.4 is 4.74 Å². The number of carbonyl (C=O) groups is 1. The molecule has 0 saturated carbocycles. The molecule has 2 rings (SSSR count). The maximum absolute atomic E-state index is 14.2. The summed E-state index contributed by atoms with van der Waals surface area (Å²) in [7, 11) is 0. The van der Waals surface area contributed by atoms with E-state index in [-0.39, 0.29) is 28.9 Å². The molecular formula is C20H21FO2. The van der Waals surface area contributed by atoms with Crippen LogP contribution in [0.2, 0.25) is 0 Å². The van der Waals surface area contributed by atoms with Gasteiger partial charge in [0.1, 0.15) is 11.6 Å². The number of carbonyl (C=O) groups excluding carboxylic acids is 1. The van der Waals surface area contributed by atoms with Crippen molar-refractivity contribution in [1.29, 1.82) is 0 Å². The zero-order valence-corrected chi connectivity index (χ0v) is 14.1. The molecule has 0 aliphatic heterocycles. The number of esters is 1. The summed E-state index contributed by atoms with van der Waals surface area (Å²) in [5.41, 5.74) is 0.504. The zero-order valence-electron chi connectivity index (χ0n) is 15.1.